The summed E-state index contributed by atoms with van der Waals surface area (Å²) in [6.45, 7) is 6.58. The van der Waals surface area contributed by atoms with Gasteiger partial charge in [-0.2, -0.15) is 0 Å². The number of imidazole rings is 1. The SMILES string of the molecule is CCCC(CC(=O)O)n1c(=O)n(Cc2csc3cccc(C)c23)c2ccc(C)cc21. The van der Waals surface area contributed by atoms with E-state index >= 15 is 0 Å². The van der Waals surface area contributed by atoms with E-state index in [-0.39, 0.29) is 18.2 Å². The lowest BCUT2D eigenvalue weighted by Crippen LogP contribution is -2.29. The monoisotopic (exact) mass is 422 g/mol. The topological polar surface area (TPSA) is 64.2 Å². The first-order valence-electron chi connectivity index (χ1n) is 10.3. The molecule has 0 bridgehead atoms. The minimum Gasteiger partial charge on any atom is -0.481 e. The molecule has 0 saturated heterocycles. The molecule has 1 N–H and O–H groups in total. The predicted octanol–water partition coefficient (Wildman–Crippen LogP) is 5.50. The molecule has 4 rings (SSSR count). The van der Waals surface area contributed by atoms with Crippen LogP contribution in [0.15, 0.2) is 46.6 Å². The summed E-state index contributed by atoms with van der Waals surface area (Å²) in [7, 11) is 0. The number of nitrogens with zero attached hydrogens (tertiary/aromatic N) is 2. The highest BCUT2D eigenvalue weighted by molar-refractivity contribution is 7.17. The Morgan fingerprint density at radius 1 is 1.17 bits per heavy atom. The molecule has 0 aliphatic rings. The average Bonchev–Trinajstić information content (AvgIpc) is 3.21. The smallest absolute Gasteiger partial charge is 0.329 e. The molecule has 0 aliphatic heterocycles. The van der Waals surface area contributed by atoms with Crippen LogP contribution >= 0.6 is 11.3 Å². The zero-order chi connectivity index (χ0) is 21.4. The number of carboxylic acids is 1. The normalized spacial score (nSPS) is 12.6. The number of carbonyl (C=O) groups is 1. The fourth-order valence-electron chi connectivity index (χ4n) is 4.38. The molecule has 2 aromatic heterocycles. The maximum absolute atomic E-state index is 13.6. The summed E-state index contributed by atoms with van der Waals surface area (Å²) in [5, 5.41) is 12.8. The van der Waals surface area contributed by atoms with Crippen molar-refractivity contribution in [2.75, 3.05) is 0 Å². The van der Waals surface area contributed by atoms with Crippen LogP contribution in [0.3, 0.4) is 0 Å². The third-order valence-corrected chi connectivity index (χ3v) is 6.72. The molecule has 6 heteroatoms. The second-order valence-corrected chi connectivity index (χ2v) is 8.89. The first kappa shape index (κ1) is 20.4. The number of thiophene rings is 1. The molecule has 2 aromatic carbocycles. The third kappa shape index (κ3) is 3.56. The summed E-state index contributed by atoms with van der Waals surface area (Å²) in [4.78, 5) is 25.1. The fourth-order valence-corrected chi connectivity index (χ4v) is 5.41. The molecule has 0 spiro atoms. The molecule has 0 saturated carbocycles. The van der Waals surface area contributed by atoms with Crippen LogP contribution in [0.4, 0.5) is 0 Å². The van der Waals surface area contributed by atoms with Gasteiger partial charge in [-0.05, 0) is 60.5 Å². The largest absolute Gasteiger partial charge is 0.481 e. The highest BCUT2D eigenvalue weighted by Crippen LogP contribution is 2.31. The Bertz CT molecular complexity index is 1300. The van der Waals surface area contributed by atoms with Crippen molar-refractivity contribution in [2.45, 2.75) is 52.6 Å². The lowest BCUT2D eigenvalue weighted by atomic mass is 10.1. The van der Waals surface area contributed by atoms with Crippen LogP contribution in [-0.2, 0) is 11.3 Å². The van der Waals surface area contributed by atoms with Crippen molar-refractivity contribution in [3.05, 3.63) is 69.0 Å². The minimum absolute atomic E-state index is 0.0543. The van der Waals surface area contributed by atoms with Crippen molar-refractivity contribution in [2.24, 2.45) is 0 Å². The Labute approximate surface area is 179 Å². The van der Waals surface area contributed by atoms with Crippen molar-refractivity contribution >= 4 is 38.4 Å². The quantitative estimate of drug-likeness (QED) is 0.428. The Morgan fingerprint density at radius 2 is 1.97 bits per heavy atom. The van der Waals surface area contributed by atoms with E-state index in [1.54, 1.807) is 20.5 Å². The molecular formula is C24H26N2O3S. The number of rotatable bonds is 7. The molecule has 1 atom stereocenters. The van der Waals surface area contributed by atoms with Crippen molar-refractivity contribution < 1.29 is 9.90 Å². The molecule has 0 aliphatic carbocycles. The van der Waals surface area contributed by atoms with Crippen LogP contribution in [-0.4, -0.2) is 20.2 Å². The third-order valence-electron chi connectivity index (χ3n) is 5.73. The van der Waals surface area contributed by atoms with Crippen molar-refractivity contribution in [3.63, 3.8) is 0 Å². The first-order valence-corrected chi connectivity index (χ1v) is 11.2. The maximum Gasteiger partial charge on any atom is 0.329 e. The highest BCUT2D eigenvalue weighted by atomic mass is 32.1. The molecule has 0 radical (unpaired) electrons. The molecule has 2 heterocycles. The van der Waals surface area contributed by atoms with Gasteiger partial charge in [-0.25, -0.2) is 4.79 Å². The van der Waals surface area contributed by atoms with Crippen LogP contribution in [0, 0.1) is 13.8 Å². The predicted molar refractivity (Wildman–Crippen MR) is 123 cm³/mol. The van der Waals surface area contributed by atoms with E-state index in [0.29, 0.717) is 13.0 Å². The number of hydrogen-bond donors (Lipinski definition) is 1. The summed E-state index contributed by atoms with van der Waals surface area (Å²) < 4.78 is 4.72. The van der Waals surface area contributed by atoms with Crippen LogP contribution in [0.1, 0.15) is 48.9 Å². The number of hydrogen-bond acceptors (Lipinski definition) is 3. The van der Waals surface area contributed by atoms with E-state index in [1.165, 1.54) is 15.6 Å². The summed E-state index contributed by atoms with van der Waals surface area (Å²) in [6.07, 6.45) is 1.41. The number of aliphatic carboxylic acids is 1. The number of aryl methyl sites for hydroxylation is 2. The Morgan fingerprint density at radius 3 is 2.70 bits per heavy atom. The molecular weight excluding hydrogens is 396 g/mol. The first-order chi connectivity index (χ1) is 14.4. The van der Waals surface area contributed by atoms with E-state index in [9.17, 15) is 14.7 Å². The van der Waals surface area contributed by atoms with Crippen LogP contribution in [0.5, 0.6) is 0 Å². The van der Waals surface area contributed by atoms with Gasteiger partial charge in [-0.3, -0.25) is 13.9 Å². The Kier molecular flexibility index (Phi) is 5.52. The molecule has 30 heavy (non-hydrogen) atoms. The van der Waals surface area contributed by atoms with Crippen molar-refractivity contribution in [3.8, 4) is 0 Å². The zero-order valence-electron chi connectivity index (χ0n) is 17.5. The van der Waals surface area contributed by atoms with Crippen molar-refractivity contribution in [1.29, 1.82) is 0 Å². The fraction of sp³-hybridized carbons (Fsp3) is 0.333. The second-order valence-electron chi connectivity index (χ2n) is 7.98. The molecule has 1 unspecified atom stereocenters. The molecule has 0 fully saturated rings. The summed E-state index contributed by atoms with van der Waals surface area (Å²) in [5.74, 6) is -0.881. The van der Waals surface area contributed by atoms with Gasteiger partial charge in [-0.15, -0.1) is 11.3 Å². The molecule has 156 valence electrons. The van der Waals surface area contributed by atoms with E-state index in [4.69, 9.17) is 0 Å². The second kappa shape index (κ2) is 8.11. The van der Waals surface area contributed by atoms with Gasteiger partial charge in [0.2, 0.25) is 0 Å². The Hall–Kier alpha value is -2.86. The summed E-state index contributed by atoms with van der Waals surface area (Å²) in [6, 6.07) is 11.9. The standard InChI is InChI=1S/C24H26N2O3S/c1-4-6-18(12-22(27)28)26-20-11-15(2)9-10-19(20)25(24(26)29)13-17-14-30-21-8-5-7-16(3)23(17)21/h5,7-11,14,18H,4,6,12-13H2,1-3H3,(H,27,28). The van der Waals surface area contributed by atoms with Gasteiger partial charge in [0.1, 0.15) is 0 Å². The number of carboxylic acid groups (broad SMARTS) is 1. The van der Waals surface area contributed by atoms with Crippen molar-refractivity contribution in [1.82, 2.24) is 9.13 Å². The molecule has 0 amide bonds. The number of benzene rings is 2. The summed E-state index contributed by atoms with van der Waals surface area (Å²) >= 11 is 1.69. The van der Waals surface area contributed by atoms with E-state index in [2.05, 4.69) is 30.5 Å². The van der Waals surface area contributed by atoms with E-state index in [0.717, 1.165) is 28.6 Å². The molecule has 4 aromatic rings. The average molecular weight is 423 g/mol. The Balaban J connectivity index is 1.91. The lowest BCUT2D eigenvalue weighted by molar-refractivity contribution is -0.137. The van der Waals surface area contributed by atoms with Crippen LogP contribution in [0.25, 0.3) is 21.1 Å². The van der Waals surface area contributed by atoms with Gasteiger partial charge in [0.25, 0.3) is 0 Å². The minimum atomic E-state index is -0.881. The number of fused-ring (bicyclic) bond motifs is 2. The maximum atomic E-state index is 13.6. The van der Waals surface area contributed by atoms with Gasteiger partial charge in [-0.1, -0.05) is 31.5 Å². The highest BCUT2D eigenvalue weighted by Gasteiger charge is 2.23. The van der Waals surface area contributed by atoms with E-state index in [1.807, 2.05) is 32.0 Å². The van der Waals surface area contributed by atoms with E-state index < -0.39 is 5.97 Å². The van der Waals surface area contributed by atoms with Crippen LogP contribution in [0.2, 0.25) is 0 Å². The number of aromatic nitrogens is 2. The van der Waals surface area contributed by atoms with Gasteiger partial charge in [0.15, 0.2) is 0 Å². The molecule has 5 nitrogen and oxygen atoms in total. The van der Waals surface area contributed by atoms with Crippen LogP contribution < -0.4 is 5.69 Å². The van der Waals surface area contributed by atoms with Gasteiger partial charge in [0, 0.05) is 16.1 Å². The zero-order valence-corrected chi connectivity index (χ0v) is 18.3. The van der Waals surface area contributed by atoms with Gasteiger partial charge >= 0.3 is 11.7 Å². The summed E-state index contributed by atoms with van der Waals surface area (Å²) in [5.41, 5.74) is 4.91. The van der Waals surface area contributed by atoms with Gasteiger partial charge < -0.3 is 5.11 Å². The lowest BCUT2D eigenvalue weighted by Gasteiger charge is -2.16. The van der Waals surface area contributed by atoms with Gasteiger partial charge in [0.05, 0.1) is 24.0 Å².